The molecule has 3 N–H and O–H groups in total. The van der Waals surface area contributed by atoms with Crippen LogP contribution in [0.25, 0.3) is 11.0 Å². The summed E-state index contributed by atoms with van der Waals surface area (Å²) < 4.78 is 46.9. The van der Waals surface area contributed by atoms with Crippen molar-refractivity contribution in [2.75, 3.05) is 13.1 Å². The number of benzene rings is 2. The third kappa shape index (κ3) is 5.53. The van der Waals surface area contributed by atoms with Gasteiger partial charge >= 0.3 is 0 Å². The van der Waals surface area contributed by atoms with Crippen molar-refractivity contribution in [3.05, 3.63) is 83.4 Å². The van der Waals surface area contributed by atoms with Gasteiger partial charge in [-0.3, -0.25) is 4.79 Å². The highest BCUT2D eigenvalue weighted by atomic mass is 32.2. The maximum absolute atomic E-state index is 14.9. The number of nitrogens with one attached hydrogen (secondary N) is 1. The molecule has 2 aromatic carbocycles. The van der Waals surface area contributed by atoms with Gasteiger partial charge in [-0.1, -0.05) is 18.2 Å². The normalized spacial score (nSPS) is 15.4. The number of pyridine rings is 1. The first-order valence-electron chi connectivity index (χ1n) is 12.9. The fourth-order valence-corrected chi connectivity index (χ4v) is 6.92. The Morgan fingerprint density at radius 2 is 1.92 bits per heavy atom. The lowest BCUT2D eigenvalue weighted by Crippen LogP contribution is -2.49. The highest BCUT2D eigenvalue weighted by Gasteiger charge is 2.34. The minimum atomic E-state index is -3.47. The number of H-pyrrole nitrogens is 1. The molecular weight excluding hydrogens is 519 g/mol. The van der Waals surface area contributed by atoms with Crippen molar-refractivity contribution in [1.82, 2.24) is 14.9 Å². The van der Waals surface area contributed by atoms with Crippen LogP contribution in [0.3, 0.4) is 0 Å². The second-order valence-corrected chi connectivity index (χ2v) is 12.3. The van der Waals surface area contributed by atoms with Gasteiger partial charge in [-0.2, -0.15) is 0 Å². The molecule has 4 aromatic rings. The Balaban J connectivity index is 1.20. The Bertz CT molecular complexity index is 1630. The molecule has 0 saturated carbocycles. The van der Waals surface area contributed by atoms with Gasteiger partial charge in [-0.05, 0) is 80.1 Å². The van der Waals surface area contributed by atoms with Crippen LogP contribution in [0.2, 0.25) is 0 Å². The van der Waals surface area contributed by atoms with E-state index in [0.29, 0.717) is 47.8 Å². The fourth-order valence-electron chi connectivity index (χ4n) is 5.09. The SMILES string of the molecule is Cc1cccc(S(=O)(=O)C2CCN(C(=O)[C@@H](N)Cc3ccc(Oc4ccnc5[nH]cc(C)c45)c(F)c3)CC2)c1. The number of nitrogens with two attached hydrogens (primary N) is 1. The average Bonchev–Trinajstić information content (AvgIpc) is 3.31. The molecule has 39 heavy (non-hydrogen) atoms. The largest absolute Gasteiger partial charge is 0.453 e. The van der Waals surface area contributed by atoms with Crippen LogP contribution in [0.4, 0.5) is 4.39 Å². The molecule has 1 aliphatic heterocycles. The van der Waals surface area contributed by atoms with Crippen LogP contribution in [0, 0.1) is 19.7 Å². The number of amides is 1. The van der Waals surface area contributed by atoms with Crippen LogP contribution in [-0.4, -0.2) is 53.6 Å². The van der Waals surface area contributed by atoms with Crippen molar-refractivity contribution in [2.24, 2.45) is 5.73 Å². The van der Waals surface area contributed by atoms with Crippen molar-refractivity contribution < 1.29 is 22.3 Å². The van der Waals surface area contributed by atoms with E-state index in [4.69, 9.17) is 10.5 Å². The van der Waals surface area contributed by atoms with E-state index < -0.39 is 26.9 Å². The van der Waals surface area contributed by atoms with E-state index in [1.165, 1.54) is 12.1 Å². The molecule has 0 bridgehead atoms. The molecule has 2 aromatic heterocycles. The van der Waals surface area contributed by atoms with Gasteiger partial charge in [0.15, 0.2) is 21.4 Å². The molecule has 1 atom stereocenters. The Morgan fingerprint density at radius 1 is 1.15 bits per heavy atom. The molecule has 1 aliphatic rings. The molecule has 8 nitrogen and oxygen atoms in total. The van der Waals surface area contributed by atoms with Crippen LogP contribution < -0.4 is 10.5 Å². The van der Waals surface area contributed by atoms with Gasteiger partial charge in [-0.15, -0.1) is 0 Å². The van der Waals surface area contributed by atoms with Gasteiger partial charge in [0.25, 0.3) is 0 Å². The molecule has 3 heterocycles. The van der Waals surface area contributed by atoms with Crippen molar-refractivity contribution >= 4 is 26.8 Å². The number of carbonyl (C=O) groups is 1. The van der Waals surface area contributed by atoms with E-state index in [-0.39, 0.29) is 18.1 Å². The van der Waals surface area contributed by atoms with Crippen LogP contribution >= 0.6 is 0 Å². The molecule has 5 rings (SSSR count). The number of sulfone groups is 1. The minimum Gasteiger partial charge on any atom is -0.453 e. The first-order chi connectivity index (χ1) is 18.6. The van der Waals surface area contributed by atoms with E-state index >= 15 is 0 Å². The van der Waals surface area contributed by atoms with Gasteiger partial charge in [0, 0.05) is 25.5 Å². The second kappa shape index (κ2) is 10.8. The monoisotopic (exact) mass is 550 g/mol. The van der Waals surface area contributed by atoms with Crippen molar-refractivity contribution in [1.29, 1.82) is 0 Å². The zero-order chi connectivity index (χ0) is 27.7. The van der Waals surface area contributed by atoms with E-state index in [1.807, 2.05) is 26.1 Å². The summed E-state index contributed by atoms with van der Waals surface area (Å²) in [6, 6.07) is 12.2. The molecular formula is C29H31FN4O4S. The number of fused-ring (bicyclic) bond motifs is 1. The van der Waals surface area contributed by atoms with E-state index in [2.05, 4.69) is 9.97 Å². The highest BCUT2D eigenvalue weighted by Crippen LogP contribution is 2.32. The summed E-state index contributed by atoms with van der Waals surface area (Å²) in [7, 11) is -3.47. The average molecular weight is 551 g/mol. The summed E-state index contributed by atoms with van der Waals surface area (Å²) in [5, 5.41) is 0.238. The number of hydrogen-bond acceptors (Lipinski definition) is 6. The lowest BCUT2D eigenvalue weighted by molar-refractivity contribution is -0.133. The van der Waals surface area contributed by atoms with Gasteiger partial charge < -0.3 is 20.4 Å². The number of piperidine rings is 1. The Kier molecular flexibility index (Phi) is 7.42. The number of aryl methyl sites for hydroxylation is 2. The predicted molar refractivity (Wildman–Crippen MR) is 147 cm³/mol. The smallest absolute Gasteiger partial charge is 0.239 e. The van der Waals surface area contributed by atoms with Gasteiger partial charge in [-0.25, -0.2) is 17.8 Å². The molecule has 1 fully saturated rings. The number of aromatic nitrogens is 2. The third-order valence-electron chi connectivity index (χ3n) is 7.23. The van der Waals surface area contributed by atoms with Crippen LogP contribution in [0.1, 0.15) is 29.5 Å². The lowest BCUT2D eigenvalue weighted by atomic mass is 10.0. The molecule has 10 heteroatoms. The highest BCUT2D eigenvalue weighted by molar-refractivity contribution is 7.92. The molecule has 1 amide bonds. The quantitative estimate of drug-likeness (QED) is 0.351. The van der Waals surface area contributed by atoms with Crippen molar-refractivity contribution in [3.8, 4) is 11.5 Å². The number of aromatic amines is 1. The summed E-state index contributed by atoms with van der Waals surface area (Å²) in [5.41, 5.74) is 9.26. The first-order valence-corrected chi connectivity index (χ1v) is 14.4. The summed E-state index contributed by atoms with van der Waals surface area (Å²) >= 11 is 0. The first kappa shape index (κ1) is 26.8. The van der Waals surface area contributed by atoms with Crippen molar-refractivity contribution in [3.63, 3.8) is 0 Å². The van der Waals surface area contributed by atoms with Gasteiger partial charge in [0.05, 0.1) is 21.6 Å². The maximum atomic E-state index is 14.9. The fraction of sp³-hybridized carbons (Fsp3) is 0.310. The summed E-state index contributed by atoms with van der Waals surface area (Å²) in [6.45, 7) is 4.39. The second-order valence-electron chi connectivity index (χ2n) is 10.1. The van der Waals surface area contributed by atoms with Gasteiger partial charge in [0.2, 0.25) is 5.91 Å². The van der Waals surface area contributed by atoms with E-state index in [9.17, 15) is 17.6 Å². The number of nitrogens with zero attached hydrogens (tertiary/aromatic N) is 2. The molecule has 0 radical (unpaired) electrons. The molecule has 0 unspecified atom stereocenters. The third-order valence-corrected chi connectivity index (χ3v) is 9.49. The predicted octanol–water partition coefficient (Wildman–Crippen LogP) is 4.45. The lowest BCUT2D eigenvalue weighted by Gasteiger charge is -2.33. The number of halogens is 1. The Hall–Kier alpha value is -3.76. The van der Waals surface area contributed by atoms with Crippen molar-refractivity contribution in [2.45, 2.75) is 49.3 Å². The van der Waals surface area contributed by atoms with Crippen LogP contribution in [0.5, 0.6) is 11.5 Å². The van der Waals surface area contributed by atoms with E-state index in [1.54, 1.807) is 41.4 Å². The topological polar surface area (TPSA) is 118 Å². The summed E-state index contributed by atoms with van der Waals surface area (Å²) in [6.07, 6.45) is 4.24. The van der Waals surface area contributed by atoms with Crippen LogP contribution in [-0.2, 0) is 21.1 Å². The zero-order valence-corrected chi connectivity index (χ0v) is 22.7. The number of likely N-dealkylation sites (tertiary alicyclic amines) is 1. The summed E-state index contributed by atoms with van der Waals surface area (Å²) in [4.78, 5) is 22.2. The van der Waals surface area contributed by atoms with E-state index in [0.717, 1.165) is 16.5 Å². The minimum absolute atomic E-state index is 0.0589. The molecule has 1 saturated heterocycles. The maximum Gasteiger partial charge on any atom is 0.239 e. The standard InChI is InChI=1S/C29H31FN4O4S/c1-18-4-3-5-22(14-18)39(36,37)21-9-12-34(13-10-21)29(35)24(31)16-20-6-7-25(23(30)15-20)38-26-8-11-32-28-27(26)19(2)17-33-28/h3-8,11,14-15,17,21,24H,9-10,12-13,16,31H2,1-2H3,(H,32,33)/t24-/m0/s1. The molecule has 204 valence electrons. The Morgan fingerprint density at radius 3 is 2.64 bits per heavy atom. The summed E-state index contributed by atoms with van der Waals surface area (Å²) in [5.74, 6) is -0.287. The molecule has 0 spiro atoms. The Labute approximate surface area is 226 Å². The number of carbonyl (C=O) groups excluding carboxylic acids is 1. The van der Waals surface area contributed by atoms with Gasteiger partial charge in [0.1, 0.15) is 11.4 Å². The van der Waals surface area contributed by atoms with Crippen LogP contribution in [0.15, 0.2) is 65.8 Å². The zero-order valence-electron chi connectivity index (χ0n) is 21.9. The molecule has 0 aliphatic carbocycles. The number of rotatable bonds is 7. The number of ether oxygens (including phenoxy) is 1. The number of hydrogen-bond donors (Lipinski definition) is 2.